The zero-order chi connectivity index (χ0) is 17.3. The van der Waals surface area contributed by atoms with Crippen molar-refractivity contribution >= 4 is 34.7 Å². The minimum Gasteiger partial charge on any atom is -0.321 e. The Hall–Kier alpha value is -2.24. The van der Waals surface area contributed by atoms with Gasteiger partial charge in [-0.3, -0.25) is 4.79 Å². The number of anilines is 1. The molecule has 2 aromatic carbocycles. The Morgan fingerprint density at radius 2 is 1.71 bits per heavy atom. The average molecular weight is 358 g/mol. The third kappa shape index (κ3) is 3.32. The first-order chi connectivity index (χ1) is 11.5. The van der Waals surface area contributed by atoms with Crippen molar-refractivity contribution in [2.24, 2.45) is 0 Å². The van der Waals surface area contributed by atoms with Gasteiger partial charge in [-0.1, -0.05) is 45.9 Å². The van der Waals surface area contributed by atoms with E-state index in [1.54, 1.807) is 12.1 Å². The lowest BCUT2D eigenvalue weighted by Gasteiger charge is -2.12. The number of rotatable bonds is 3. The van der Waals surface area contributed by atoms with Crippen molar-refractivity contribution in [2.75, 3.05) is 5.32 Å². The average Bonchev–Trinajstić information content (AvgIpc) is 3.01. The number of carbonyl (C=O) groups excluding carboxylic acids is 1. The van der Waals surface area contributed by atoms with E-state index in [-0.39, 0.29) is 5.91 Å². The molecule has 3 rings (SSSR count). The Bertz CT molecular complexity index is 880. The molecule has 0 saturated heterocycles. The summed E-state index contributed by atoms with van der Waals surface area (Å²) >= 11 is 7.00. The number of hydrogen-bond acceptors (Lipinski definition) is 4. The van der Waals surface area contributed by atoms with Crippen molar-refractivity contribution in [3.05, 3.63) is 63.0 Å². The summed E-state index contributed by atoms with van der Waals surface area (Å²) in [5, 5.41) is 7.74. The van der Waals surface area contributed by atoms with Gasteiger partial charge >= 0.3 is 0 Å². The Balaban J connectivity index is 1.93. The quantitative estimate of drug-likeness (QED) is 0.714. The van der Waals surface area contributed by atoms with Gasteiger partial charge in [0, 0.05) is 16.3 Å². The molecular weight excluding hydrogens is 342 g/mol. The topological polar surface area (TPSA) is 54.9 Å². The van der Waals surface area contributed by atoms with Crippen LogP contribution in [0.4, 0.5) is 5.69 Å². The number of nitrogens with zero attached hydrogens (tertiary/aromatic N) is 2. The van der Waals surface area contributed by atoms with Gasteiger partial charge < -0.3 is 5.32 Å². The maximum Gasteiger partial charge on any atom is 0.269 e. The van der Waals surface area contributed by atoms with Gasteiger partial charge in [0.2, 0.25) is 0 Å². The molecule has 4 nitrogen and oxygen atoms in total. The first-order valence-electron chi connectivity index (χ1n) is 7.43. The van der Waals surface area contributed by atoms with Gasteiger partial charge in [-0.05, 0) is 55.6 Å². The van der Waals surface area contributed by atoms with E-state index in [1.807, 2.05) is 45.0 Å². The molecule has 0 aliphatic rings. The van der Waals surface area contributed by atoms with Crippen LogP contribution in [-0.2, 0) is 0 Å². The fourth-order valence-corrected chi connectivity index (χ4v) is 3.39. The SMILES string of the molecule is Cc1cc(C)c(NC(=O)c2snnc2-c2ccc(Cl)cc2)c(C)c1. The summed E-state index contributed by atoms with van der Waals surface area (Å²) in [5.41, 5.74) is 5.45. The highest BCUT2D eigenvalue weighted by atomic mass is 35.5. The van der Waals surface area contributed by atoms with Gasteiger partial charge in [0.25, 0.3) is 5.91 Å². The van der Waals surface area contributed by atoms with Gasteiger partial charge in [-0.25, -0.2) is 0 Å². The summed E-state index contributed by atoms with van der Waals surface area (Å²) in [6.45, 7) is 6.01. The standard InChI is InChI=1S/C18H16ClN3OS/c1-10-8-11(2)15(12(3)9-10)20-18(23)17-16(21-22-24-17)13-4-6-14(19)7-5-13/h4-9H,1-3H3,(H,20,23). The first-order valence-corrected chi connectivity index (χ1v) is 8.58. The molecule has 122 valence electrons. The van der Waals surface area contributed by atoms with Crippen molar-refractivity contribution in [3.63, 3.8) is 0 Å². The van der Waals surface area contributed by atoms with Crippen molar-refractivity contribution in [3.8, 4) is 11.3 Å². The van der Waals surface area contributed by atoms with Crippen LogP contribution in [0.1, 0.15) is 26.4 Å². The number of benzene rings is 2. The van der Waals surface area contributed by atoms with Crippen molar-refractivity contribution < 1.29 is 4.79 Å². The summed E-state index contributed by atoms with van der Waals surface area (Å²) in [7, 11) is 0. The molecule has 0 bridgehead atoms. The van der Waals surface area contributed by atoms with Crippen LogP contribution in [0.5, 0.6) is 0 Å². The van der Waals surface area contributed by atoms with Gasteiger partial charge in [-0.15, -0.1) is 5.10 Å². The number of amides is 1. The normalized spacial score (nSPS) is 10.7. The molecule has 1 aromatic heterocycles. The van der Waals surface area contributed by atoms with E-state index in [0.29, 0.717) is 15.6 Å². The highest BCUT2D eigenvalue weighted by Gasteiger charge is 2.19. The molecule has 1 heterocycles. The summed E-state index contributed by atoms with van der Waals surface area (Å²) < 4.78 is 3.94. The number of halogens is 1. The summed E-state index contributed by atoms with van der Waals surface area (Å²) in [6, 6.07) is 11.3. The van der Waals surface area contributed by atoms with Crippen LogP contribution in [-0.4, -0.2) is 15.5 Å². The number of hydrogen-bond donors (Lipinski definition) is 1. The molecule has 0 fully saturated rings. The Morgan fingerprint density at radius 1 is 1.08 bits per heavy atom. The van der Waals surface area contributed by atoms with Gasteiger partial charge in [-0.2, -0.15) is 0 Å². The monoisotopic (exact) mass is 357 g/mol. The van der Waals surface area contributed by atoms with E-state index in [2.05, 4.69) is 14.9 Å². The van der Waals surface area contributed by atoms with Crippen LogP contribution in [0.2, 0.25) is 5.02 Å². The smallest absolute Gasteiger partial charge is 0.269 e. The summed E-state index contributed by atoms with van der Waals surface area (Å²) in [5.74, 6) is -0.204. The predicted octanol–water partition coefficient (Wildman–Crippen LogP) is 5.04. The lowest BCUT2D eigenvalue weighted by molar-refractivity contribution is 0.103. The molecule has 6 heteroatoms. The second-order valence-corrected chi connectivity index (χ2v) is 6.88. The van der Waals surface area contributed by atoms with Crippen molar-refractivity contribution in [2.45, 2.75) is 20.8 Å². The predicted molar refractivity (Wildman–Crippen MR) is 99.0 cm³/mol. The fourth-order valence-electron chi connectivity index (χ4n) is 2.68. The van der Waals surface area contributed by atoms with E-state index in [4.69, 9.17) is 11.6 Å². The van der Waals surface area contributed by atoms with E-state index in [1.165, 1.54) is 5.56 Å². The van der Waals surface area contributed by atoms with Crippen LogP contribution in [0.25, 0.3) is 11.3 Å². The molecule has 0 radical (unpaired) electrons. The third-order valence-electron chi connectivity index (χ3n) is 3.73. The van der Waals surface area contributed by atoms with Crippen LogP contribution in [0.3, 0.4) is 0 Å². The second kappa shape index (κ2) is 6.71. The third-order valence-corrected chi connectivity index (χ3v) is 4.70. The largest absolute Gasteiger partial charge is 0.321 e. The molecule has 0 aliphatic heterocycles. The summed E-state index contributed by atoms with van der Waals surface area (Å²) in [6.07, 6.45) is 0. The summed E-state index contributed by atoms with van der Waals surface area (Å²) in [4.78, 5) is 13.2. The van der Waals surface area contributed by atoms with Crippen LogP contribution in [0.15, 0.2) is 36.4 Å². The minimum absolute atomic E-state index is 0.204. The Labute approximate surface area is 149 Å². The van der Waals surface area contributed by atoms with E-state index in [0.717, 1.165) is 33.9 Å². The number of carbonyl (C=O) groups is 1. The first kappa shape index (κ1) is 16.6. The number of aromatic nitrogens is 2. The van der Waals surface area contributed by atoms with E-state index >= 15 is 0 Å². The maximum atomic E-state index is 12.7. The van der Waals surface area contributed by atoms with Crippen molar-refractivity contribution in [1.82, 2.24) is 9.59 Å². The van der Waals surface area contributed by atoms with Gasteiger partial charge in [0.05, 0.1) is 0 Å². The molecule has 1 N–H and O–H groups in total. The van der Waals surface area contributed by atoms with Crippen LogP contribution in [0, 0.1) is 20.8 Å². The molecule has 0 unspecified atom stereocenters. The maximum absolute atomic E-state index is 12.7. The lowest BCUT2D eigenvalue weighted by Crippen LogP contribution is -2.13. The Morgan fingerprint density at radius 3 is 2.33 bits per heavy atom. The lowest BCUT2D eigenvalue weighted by atomic mass is 10.0. The Kier molecular flexibility index (Phi) is 4.64. The number of nitrogens with one attached hydrogen (secondary N) is 1. The van der Waals surface area contributed by atoms with Gasteiger partial charge in [0.15, 0.2) is 0 Å². The van der Waals surface area contributed by atoms with Crippen LogP contribution >= 0.6 is 23.1 Å². The second-order valence-electron chi connectivity index (χ2n) is 5.69. The van der Waals surface area contributed by atoms with Crippen molar-refractivity contribution in [1.29, 1.82) is 0 Å². The molecule has 0 atom stereocenters. The zero-order valence-corrected chi connectivity index (χ0v) is 15.1. The highest BCUT2D eigenvalue weighted by molar-refractivity contribution is 7.08. The molecule has 0 aliphatic carbocycles. The minimum atomic E-state index is -0.204. The molecule has 0 saturated carbocycles. The van der Waals surface area contributed by atoms with E-state index in [9.17, 15) is 4.79 Å². The molecule has 0 spiro atoms. The van der Waals surface area contributed by atoms with E-state index < -0.39 is 0 Å². The van der Waals surface area contributed by atoms with Gasteiger partial charge in [0.1, 0.15) is 10.6 Å². The number of aryl methyl sites for hydroxylation is 3. The molecule has 1 amide bonds. The fraction of sp³-hybridized carbons (Fsp3) is 0.167. The highest BCUT2D eigenvalue weighted by Crippen LogP contribution is 2.28. The zero-order valence-electron chi connectivity index (χ0n) is 13.6. The molecule has 24 heavy (non-hydrogen) atoms. The molecular formula is C18H16ClN3OS. The molecule has 3 aromatic rings. The van der Waals surface area contributed by atoms with Crippen LogP contribution < -0.4 is 5.32 Å².